The van der Waals surface area contributed by atoms with E-state index in [0.717, 1.165) is 13.0 Å². The van der Waals surface area contributed by atoms with Gasteiger partial charge in [0, 0.05) is 38.0 Å². The van der Waals surface area contributed by atoms with Crippen molar-refractivity contribution >= 4 is 11.9 Å². The fourth-order valence-electron chi connectivity index (χ4n) is 4.47. The number of carboxylic acids is 1. The molecule has 1 N–H and O–H groups in total. The summed E-state index contributed by atoms with van der Waals surface area (Å²) in [6.07, 6.45) is 9.19. The van der Waals surface area contributed by atoms with Crippen LogP contribution < -0.4 is 0 Å². The predicted octanol–water partition coefficient (Wildman–Crippen LogP) is 3.22. The lowest BCUT2D eigenvalue weighted by Crippen LogP contribution is -2.65. The monoisotopic (exact) mass is 325 g/mol. The van der Waals surface area contributed by atoms with Crippen molar-refractivity contribution in [2.75, 3.05) is 13.7 Å². The molecule has 2 fully saturated rings. The molecule has 0 aromatic heterocycles. The van der Waals surface area contributed by atoms with Crippen LogP contribution in [0.25, 0.3) is 0 Å². The van der Waals surface area contributed by atoms with Crippen molar-refractivity contribution in [3.05, 3.63) is 0 Å². The smallest absolute Gasteiger partial charge is 0.303 e. The van der Waals surface area contributed by atoms with E-state index in [-0.39, 0.29) is 17.7 Å². The third-order valence-corrected chi connectivity index (χ3v) is 5.79. The zero-order chi connectivity index (χ0) is 16.9. The van der Waals surface area contributed by atoms with Gasteiger partial charge in [0.2, 0.25) is 5.91 Å². The second kappa shape index (κ2) is 8.13. The van der Waals surface area contributed by atoms with Gasteiger partial charge in [-0.3, -0.25) is 9.59 Å². The molecule has 2 aliphatic carbocycles. The van der Waals surface area contributed by atoms with Crippen LogP contribution in [0, 0.1) is 5.41 Å². The van der Waals surface area contributed by atoms with Gasteiger partial charge in [-0.15, -0.1) is 0 Å². The van der Waals surface area contributed by atoms with Crippen LogP contribution in [0.1, 0.15) is 71.1 Å². The topological polar surface area (TPSA) is 66.8 Å². The number of nitrogens with zero attached hydrogens (tertiary/aromatic N) is 1. The van der Waals surface area contributed by atoms with Crippen LogP contribution in [-0.2, 0) is 14.3 Å². The summed E-state index contributed by atoms with van der Waals surface area (Å²) < 4.78 is 5.95. The highest BCUT2D eigenvalue weighted by molar-refractivity contribution is 5.76. The van der Waals surface area contributed by atoms with Gasteiger partial charge >= 0.3 is 5.97 Å². The average molecular weight is 325 g/mol. The standard InChI is InChI=1S/C18H31NO4/c1-3-23-15-13-14(18(15)11-7-4-8-12-18)19(2)16(20)9-5-6-10-17(21)22/h14-15H,3-13H2,1-2H3,(H,21,22). The Morgan fingerprint density at radius 2 is 1.83 bits per heavy atom. The first kappa shape index (κ1) is 18.2. The Morgan fingerprint density at radius 1 is 1.17 bits per heavy atom. The van der Waals surface area contributed by atoms with Gasteiger partial charge in [-0.2, -0.15) is 0 Å². The van der Waals surface area contributed by atoms with E-state index in [1.165, 1.54) is 32.1 Å². The molecule has 5 heteroatoms. The van der Waals surface area contributed by atoms with E-state index in [1.807, 2.05) is 18.9 Å². The summed E-state index contributed by atoms with van der Waals surface area (Å²) in [4.78, 5) is 24.9. The maximum atomic E-state index is 12.5. The molecule has 0 aromatic carbocycles. The molecule has 2 rings (SSSR count). The first-order chi connectivity index (χ1) is 11.0. The van der Waals surface area contributed by atoms with Crippen LogP contribution in [-0.4, -0.2) is 47.7 Å². The summed E-state index contributed by atoms with van der Waals surface area (Å²) in [5.41, 5.74) is 0.166. The Morgan fingerprint density at radius 3 is 2.43 bits per heavy atom. The molecule has 23 heavy (non-hydrogen) atoms. The van der Waals surface area contributed by atoms with E-state index in [4.69, 9.17) is 9.84 Å². The van der Waals surface area contributed by atoms with Crippen LogP contribution in [0.15, 0.2) is 0 Å². The fraction of sp³-hybridized carbons (Fsp3) is 0.889. The number of amides is 1. The van der Waals surface area contributed by atoms with Gasteiger partial charge in [0.25, 0.3) is 0 Å². The van der Waals surface area contributed by atoms with E-state index in [1.54, 1.807) is 0 Å². The van der Waals surface area contributed by atoms with E-state index >= 15 is 0 Å². The molecule has 0 saturated heterocycles. The number of carboxylic acid groups (broad SMARTS) is 1. The van der Waals surface area contributed by atoms with Crippen LogP contribution in [0.2, 0.25) is 0 Å². The summed E-state index contributed by atoms with van der Waals surface area (Å²) >= 11 is 0. The molecule has 0 radical (unpaired) electrons. The van der Waals surface area contributed by atoms with Crippen LogP contribution in [0.3, 0.4) is 0 Å². The Bertz CT molecular complexity index is 417. The summed E-state index contributed by atoms with van der Waals surface area (Å²) in [6, 6.07) is 0.298. The zero-order valence-electron chi connectivity index (χ0n) is 14.6. The molecule has 0 bridgehead atoms. The maximum absolute atomic E-state index is 12.5. The van der Waals surface area contributed by atoms with Gasteiger partial charge in [-0.1, -0.05) is 19.3 Å². The third kappa shape index (κ3) is 4.06. The second-order valence-electron chi connectivity index (χ2n) is 7.09. The number of aliphatic carboxylic acids is 1. The number of rotatable bonds is 8. The third-order valence-electron chi connectivity index (χ3n) is 5.79. The number of hydrogen-bond acceptors (Lipinski definition) is 3. The molecule has 2 atom stereocenters. The van der Waals surface area contributed by atoms with Gasteiger partial charge < -0.3 is 14.7 Å². The van der Waals surface area contributed by atoms with Gasteiger partial charge in [-0.05, 0) is 39.0 Å². The van der Waals surface area contributed by atoms with Gasteiger partial charge in [0.15, 0.2) is 0 Å². The molecular formula is C18H31NO4. The van der Waals surface area contributed by atoms with Crippen molar-refractivity contribution in [3.63, 3.8) is 0 Å². The number of carbonyl (C=O) groups excluding carboxylic acids is 1. The van der Waals surface area contributed by atoms with Crippen LogP contribution in [0.4, 0.5) is 0 Å². The van der Waals surface area contributed by atoms with Crippen molar-refractivity contribution in [3.8, 4) is 0 Å². The lowest BCUT2D eigenvalue weighted by molar-refractivity contribution is -0.185. The first-order valence-corrected chi connectivity index (χ1v) is 9.10. The molecule has 2 aliphatic rings. The van der Waals surface area contributed by atoms with Crippen LogP contribution >= 0.6 is 0 Å². The maximum Gasteiger partial charge on any atom is 0.303 e. The Kier molecular flexibility index (Phi) is 6.45. The quantitative estimate of drug-likeness (QED) is 0.696. The number of carbonyl (C=O) groups is 2. The normalized spacial score (nSPS) is 25.8. The molecule has 0 heterocycles. The van der Waals surface area contributed by atoms with Crippen LogP contribution in [0.5, 0.6) is 0 Å². The first-order valence-electron chi connectivity index (χ1n) is 9.10. The Balaban J connectivity index is 1.88. The molecule has 1 amide bonds. The number of unbranched alkanes of at least 4 members (excludes halogenated alkanes) is 1. The average Bonchev–Trinajstić information content (AvgIpc) is 2.55. The van der Waals surface area contributed by atoms with Gasteiger partial charge in [0.05, 0.1) is 6.10 Å². The molecule has 0 aromatic rings. The molecule has 1 spiro atoms. The highest BCUT2D eigenvalue weighted by atomic mass is 16.5. The minimum Gasteiger partial charge on any atom is -0.481 e. The SMILES string of the molecule is CCOC1CC(N(C)C(=O)CCCCC(=O)O)C12CCCCC2. The van der Waals surface area contributed by atoms with Crippen molar-refractivity contribution in [2.24, 2.45) is 5.41 Å². The minimum absolute atomic E-state index is 0.150. The summed E-state index contributed by atoms with van der Waals surface area (Å²) in [7, 11) is 1.92. The predicted molar refractivity (Wildman–Crippen MR) is 88.2 cm³/mol. The van der Waals surface area contributed by atoms with Crippen molar-refractivity contribution in [1.29, 1.82) is 0 Å². The molecule has 5 nitrogen and oxygen atoms in total. The fourth-order valence-corrected chi connectivity index (χ4v) is 4.47. The molecule has 2 unspecified atom stereocenters. The largest absolute Gasteiger partial charge is 0.481 e. The molecule has 0 aliphatic heterocycles. The summed E-state index contributed by atoms with van der Waals surface area (Å²) in [5, 5.41) is 8.66. The van der Waals surface area contributed by atoms with Gasteiger partial charge in [0.1, 0.15) is 0 Å². The summed E-state index contributed by atoms with van der Waals surface area (Å²) in [6.45, 7) is 2.78. The second-order valence-corrected chi connectivity index (χ2v) is 7.09. The highest BCUT2D eigenvalue weighted by Gasteiger charge is 2.57. The van der Waals surface area contributed by atoms with E-state index in [9.17, 15) is 9.59 Å². The molecule has 132 valence electrons. The van der Waals surface area contributed by atoms with Crippen molar-refractivity contribution in [2.45, 2.75) is 83.3 Å². The highest BCUT2D eigenvalue weighted by Crippen LogP contribution is 2.55. The molecule has 2 saturated carbocycles. The minimum atomic E-state index is -0.787. The van der Waals surface area contributed by atoms with Crippen molar-refractivity contribution in [1.82, 2.24) is 4.90 Å². The van der Waals surface area contributed by atoms with E-state index < -0.39 is 5.97 Å². The van der Waals surface area contributed by atoms with E-state index in [2.05, 4.69) is 0 Å². The Labute approximate surface area is 139 Å². The molecular weight excluding hydrogens is 294 g/mol. The Hall–Kier alpha value is -1.10. The lowest BCUT2D eigenvalue weighted by atomic mass is 9.54. The summed E-state index contributed by atoms with van der Waals surface area (Å²) in [5.74, 6) is -0.634. The lowest BCUT2D eigenvalue weighted by Gasteiger charge is -2.60. The number of hydrogen-bond donors (Lipinski definition) is 1. The van der Waals surface area contributed by atoms with Gasteiger partial charge in [-0.25, -0.2) is 0 Å². The van der Waals surface area contributed by atoms with E-state index in [0.29, 0.717) is 31.4 Å². The number of ether oxygens (including phenoxy) is 1. The van der Waals surface area contributed by atoms with Crippen molar-refractivity contribution < 1.29 is 19.4 Å². The zero-order valence-corrected chi connectivity index (χ0v) is 14.6.